The smallest absolute Gasteiger partial charge is 0.326 e. The normalized spacial score (nSPS) is 31.9. The van der Waals surface area contributed by atoms with Crippen molar-refractivity contribution >= 4 is 5.97 Å². The minimum Gasteiger partial charge on any atom is -0.480 e. The van der Waals surface area contributed by atoms with Crippen LogP contribution >= 0.6 is 0 Å². The van der Waals surface area contributed by atoms with Gasteiger partial charge in [-0.15, -0.1) is 0 Å². The maximum absolute atomic E-state index is 11.4. The van der Waals surface area contributed by atoms with Gasteiger partial charge >= 0.3 is 5.97 Å². The molecule has 0 aromatic carbocycles. The first-order valence-electron chi connectivity index (χ1n) is 7.14. The monoisotopic (exact) mass is 255 g/mol. The molecule has 0 heterocycles. The standard InChI is InChI=1S/C14H25NO3/c1-10-5-3-4-6-12(10)18-9-14(2,13(16)17)15-11-7-8-11/h10-12,15H,3-9H2,1-2H3,(H,16,17). The summed E-state index contributed by atoms with van der Waals surface area (Å²) in [7, 11) is 0. The van der Waals surface area contributed by atoms with Gasteiger partial charge in [0, 0.05) is 6.04 Å². The Balaban J connectivity index is 1.86. The number of hydrogen-bond acceptors (Lipinski definition) is 3. The van der Waals surface area contributed by atoms with Crippen LogP contribution in [-0.2, 0) is 9.53 Å². The highest BCUT2D eigenvalue weighted by Gasteiger charge is 2.39. The lowest BCUT2D eigenvalue weighted by Crippen LogP contribution is -2.55. The van der Waals surface area contributed by atoms with Crippen molar-refractivity contribution in [1.82, 2.24) is 5.32 Å². The van der Waals surface area contributed by atoms with E-state index in [2.05, 4.69) is 12.2 Å². The van der Waals surface area contributed by atoms with Gasteiger partial charge in [-0.05, 0) is 38.5 Å². The first-order chi connectivity index (χ1) is 8.51. The molecule has 0 aliphatic heterocycles. The van der Waals surface area contributed by atoms with Gasteiger partial charge in [-0.3, -0.25) is 10.1 Å². The van der Waals surface area contributed by atoms with Crippen molar-refractivity contribution in [3.05, 3.63) is 0 Å². The second kappa shape index (κ2) is 5.57. The lowest BCUT2D eigenvalue weighted by molar-refractivity contribution is -0.149. The van der Waals surface area contributed by atoms with Crippen molar-refractivity contribution < 1.29 is 14.6 Å². The molecule has 2 rings (SSSR count). The van der Waals surface area contributed by atoms with E-state index in [1.165, 1.54) is 19.3 Å². The van der Waals surface area contributed by atoms with E-state index >= 15 is 0 Å². The van der Waals surface area contributed by atoms with E-state index in [0.717, 1.165) is 19.3 Å². The van der Waals surface area contributed by atoms with Gasteiger partial charge in [-0.25, -0.2) is 0 Å². The molecule has 0 radical (unpaired) electrons. The summed E-state index contributed by atoms with van der Waals surface area (Å²) in [6.07, 6.45) is 7.15. The van der Waals surface area contributed by atoms with Crippen LogP contribution in [0.4, 0.5) is 0 Å². The molecular weight excluding hydrogens is 230 g/mol. The Labute approximate surface area is 109 Å². The fourth-order valence-corrected chi connectivity index (χ4v) is 2.65. The number of hydrogen-bond donors (Lipinski definition) is 2. The Morgan fingerprint density at radius 2 is 2.00 bits per heavy atom. The minimum absolute atomic E-state index is 0.235. The highest BCUT2D eigenvalue weighted by Crippen LogP contribution is 2.28. The molecule has 2 aliphatic rings. The van der Waals surface area contributed by atoms with Gasteiger partial charge in [0.05, 0.1) is 12.7 Å². The summed E-state index contributed by atoms with van der Waals surface area (Å²) in [5, 5.41) is 12.6. The number of carbonyl (C=O) groups is 1. The molecule has 2 fully saturated rings. The molecule has 3 unspecified atom stereocenters. The predicted octanol–water partition coefficient (Wildman–Crippen LogP) is 2.18. The summed E-state index contributed by atoms with van der Waals surface area (Å²) in [5.74, 6) is -0.254. The molecule has 2 N–H and O–H groups in total. The molecule has 104 valence electrons. The summed E-state index contributed by atoms with van der Waals surface area (Å²) in [5.41, 5.74) is -0.932. The average Bonchev–Trinajstić information content (AvgIpc) is 3.11. The number of aliphatic carboxylic acids is 1. The second-order valence-corrected chi connectivity index (χ2v) is 6.17. The van der Waals surface area contributed by atoms with Crippen molar-refractivity contribution in [2.75, 3.05) is 6.61 Å². The van der Waals surface area contributed by atoms with Crippen molar-refractivity contribution in [2.45, 2.75) is 70.1 Å². The highest BCUT2D eigenvalue weighted by atomic mass is 16.5. The Morgan fingerprint density at radius 3 is 2.56 bits per heavy atom. The van der Waals surface area contributed by atoms with E-state index in [-0.39, 0.29) is 12.7 Å². The Bertz CT molecular complexity index is 303. The third-order valence-electron chi connectivity index (χ3n) is 4.19. The van der Waals surface area contributed by atoms with Crippen LogP contribution in [0.25, 0.3) is 0 Å². The third kappa shape index (κ3) is 3.45. The Kier molecular flexibility index (Phi) is 4.28. The van der Waals surface area contributed by atoms with E-state index in [0.29, 0.717) is 12.0 Å². The summed E-state index contributed by atoms with van der Waals surface area (Å²) in [6, 6.07) is 0.374. The summed E-state index contributed by atoms with van der Waals surface area (Å²) in [6.45, 7) is 4.21. The van der Waals surface area contributed by atoms with Gasteiger partial charge in [-0.1, -0.05) is 19.8 Å². The summed E-state index contributed by atoms with van der Waals surface area (Å²) in [4.78, 5) is 11.4. The van der Waals surface area contributed by atoms with Gasteiger partial charge < -0.3 is 9.84 Å². The lowest BCUT2D eigenvalue weighted by atomic mass is 9.88. The van der Waals surface area contributed by atoms with Crippen LogP contribution in [0.5, 0.6) is 0 Å². The second-order valence-electron chi connectivity index (χ2n) is 6.17. The van der Waals surface area contributed by atoms with Crippen LogP contribution < -0.4 is 5.32 Å². The van der Waals surface area contributed by atoms with Crippen LogP contribution in [0.2, 0.25) is 0 Å². The molecule has 0 aromatic heterocycles. The predicted molar refractivity (Wildman–Crippen MR) is 69.6 cm³/mol. The molecule has 4 heteroatoms. The quantitative estimate of drug-likeness (QED) is 0.763. The molecular formula is C14H25NO3. The van der Waals surface area contributed by atoms with Crippen LogP contribution in [0.1, 0.15) is 52.4 Å². The number of rotatable bonds is 6. The van der Waals surface area contributed by atoms with E-state index in [9.17, 15) is 9.90 Å². The van der Waals surface area contributed by atoms with Gasteiger partial charge in [0.2, 0.25) is 0 Å². The fraction of sp³-hybridized carbons (Fsp3) is 0.929. The molecule has 4 nitrogen and oxygen atoms in total. The zero-order valence-electron chi connectivity index (χ0n) is 11.4. The molecule has 0 aromatic rings. The Morgan fingerprint density at radius 1 is 1.33 bits per heavy atom. The van der Waals surface area contributed by atoms with Crippen LogP contribution in [0.3, 0.4) is 0 Å². The minimum atomic E-state index is -0.932. The van der Waals surface area contributed by atoms with Crippen LogP contribution in [-0.4, -0.2) is 35.4 Å². The molecule has 2 aliphatic carbocycles. The van der Waals surface area contributed by atoms with Gasteiger partial charge in [0.1, 0.15) is 5.54 Å². The first kappa shape index (κ1) is 13.8. The molecule has 3 atom stereocenters. The van der Waals surface area contributed by atoms with Gasteiger partial charge in [0.25, 0.3) is 0 Å². The number of nitrogens with one attached hydrogen (secondary N) is 1. The average molecular weight is 255 g/mol. The maximum Gasteiger partial charge on any atom is 0.326 e. The molecule has 0 amide bonds. The van der Waals surface area contributed by atoms with Crippen molar-refractivity contribution in [3.8, 4) is 0 Å². The summed E-state index contributed by atoms with van der Waals surface area (Å²) >= 11 is 0. The number of carboxylic acid groups (broad SMARTS) is 1. The summed E-state index contributed by atoms with van der Waals surface area (Å²) < 4.78 is 5.91. The van der Waals surface area contributed by atoms with E-state index in [4.69, 9.17) is 4.74 Å². The molecule has 18 heavy (non-hydrogen) atoms. The maximum atomic E-state index is 11.4. The molecule has 0 saturated heterocycles. The van der Waals surface area contributed by atoms with E-state index in [1.807, 2.05) is 0 Å². The van der Waals surface area contributed by atoms with Crippen molar-refractivity contribution in [2.24, 2.45) is 5.92 Å². The fourth-order valence-electron chi connectivity index (χ4n) is 2.65. The SMILES string of the molecule is CC1CCCCC1OCC(C)(NC1CC1)C(=O)O. The van der Waals surface area contributed by atoms with Crippen LogP contribution in [0.15, 0.2) is 0 Å². The van der Waals surface area contributed by atoms with Crippen molar-refractivity contribution in [1.29, 1.82) is 0 Å². The van der Waals surface area contributed by atoms with E-state index in [1.54, 1.807) is 6.92 Å². The molecule has 0 bridgehead atoms. The van der Waals surface area contributed by atoms with Gasteiger partial charge in [-0.2, -0.15) is 0 Å². The lowest BCUT2D eigenvalue weighted by Gasteiger charge is -2.33. The molecule has 2 saturated carbocycles. The third-order valence-corrected chi connectivity index (χ3v) is 4.19. The van der Waals surface area contributed by atoms with E-state index < -0.39 is 11.5 Å². The molecule has 0 spiro atoms. The van der Waals surface area contributed by atoms with Crippen molar-refractivity contribution in [3.63, 3.8) is 0 Å². The van der Waals surface area contributed by atoms with Crippen LogP contribution in [0, 0.1) is 5.92 Å². The topological polar surface area (TPSA) is 58.6 Å². The largest absolute Gasteiger partial charge is 0.480 e. The number of carboxylic acids is 1. The highest BCUT2D eigenvalue weighted by molar-refractivity contribution is 5.78. The first-order valence-corrected chi connectivity index (χ1v) is 7.14. The Hall–Kier alpha value is -0.610. The number of ether oxygens (including phenoxy) is 1. The zero-order chi connectivity index (χ0) is 13.2. The van der Waals surface area contributed by atoms with Gasteiger partial charge in [0.15, 0.2) is 0 Å². The zero-order valence-corrected chi connectivity index (χ0v) is 11.4.